The van der Waals surface area contributed by atoms with E-state index in [0.717, 1.165) is 23.4 Å². The Labute approximate surface area is 135 Å². The molecule has 1 N–H and O–H groups in total. The molecule has 0 amide bonds. The third-order valence-corrected chi connectivity index (χ3v) is 5.98. The fourth-order valence-corrected chi connectivity index (χ4v) is 4.31. The third kappa shape index (κ3) is 2.79. The van der Waals surface area contributed by atoms with Gasteiger partial charge in [0.25, 0.3) is 0 Å². The molecule has 1 aromatic heterocycles. The average molecular weight is 367 g/mol. The number of aromatic nitrogens is 1. The molecule has 1 heterocycles. The summed E-state index contributed by atoms with van der Waals surface area (Å²) in [6.07, 6.45) is 5.89. The summed E-state index contributed by atoms with van der Waals surface area (Å²) in [5.74, 6) is -0.209. The quantitative estimate of drug-likeness (QED) is 0.868. The predicted octanol–water partition coefficient (Wildman–Crippen LogP) is 4.37. The number of fused-ring (bicyclic) bond motifs is 1. The molecule has 1 aromatic carbocycles. The van der Waals surface area contributed by atoms with E-state index >= 15 is 0 Å². The molecule has 1 unspecified atom stereocenters. The number of halogens is 2. The topological polar surface area (TPSA) is 24.9 Å². The lowest BCUT2D eigenvalue weighted by Crippen LogP contribution is -2.24. The van der Waals surface area contributed by atoms with Crippen molar-refractivity contribution in [3.05, 3.63) is 49.6 Å². The first kappa shape index (κ1) is 13.9. The Morgan fingerprint density at radius 2 is 2.19 bits per heavy atom. The highest BCUT2D eigenvalue weighted by molar-refractivity contribution is 9.10. The molecule has 2 aliphatic carbocycles. The predicted molar refractivity (Wildman–Crippen MR) is 86.2 cm³/mol. The first-order valence-corrected chi connectivity index (χ1v) is 9.01. The summed E-state index contributed by atoms with van der Waals surface area (Å²) in [7, 11) is 0. The number of benzene rings is 1. The molecule has 2 nitrogen and oxygen atoms in total. The number of aryl methyl sites for hydroxylation is 2. The lowest BCUT2D eigenvalue weighted by Gasteiger charge is -2.17. The zero-order valence-electron chi connectivity index (χ0n) is 11.5. The van der Waals surface area contributed by atoms with E-state index in [2.05, 4.69) is 21.2 Å². The molecule has 2 aliphatic rings. The van der Waals surface area contributed by atoms with Crippen LogP contribution < -0.4 is 5.32 Å². The van der Waals surface area contributed by atoms with Crippen LogP contribution in [0.2, 0.25) is 0 Å². The lowest BCUT2D eigenvalue weighted by atomic mass is 10.1. The van der Waals surface area contributed by atoms with Crippen molar-refractivity contribution in [1.82, 2.24) is 10.3 Å². The van der Waals surface area contributed by atoms with Gasteiger partial charge in [-0.3, -0.25) is 0 Å². The average Bonchev–Trinajstić information content (AvgIpc) is 3.03. The summed E-state index contributed by atoms with van der Waals surface area (Å²) >= 11 is 5.02. The number of nitrogens with zero attached hydrogens (tertiary/aromatic N) is 1. The summed E-state index contributed by atoms with van der Waals surface area (Å²) in [6, 6.07) is 5.97. The first-order chi connectivity index (χ1) is 10.2. The van der Waals surface area contributed by atoms with Crippen molar-refractivity contribution < 1.29 is 4.39 Å². The second-order valence-corrected chi connectivity index (χ2v) is 7.79. The van der Waals surface area contributed by atoms with Crippen molar-refractivity contribution >= 4 is 27.3 Å². The Balaban J connectivity index is 1.70. The summed E-state index contributed by atoms with van der Waals surface area (Å²) < 4.78 is 14.4. The van der Waals surface area contributed by atoms with Gasteiger partial charge in [-0.25, -0.2) is 9.37 Å². The summed E-state index contributed by atoms with van der Waals surface area (Å²) in [4.78, 5) is 6.24. The van der Waals surface area contributed by atoms with Crippen LogP contribution in [-0.2, 0) is 12.8 Å². The van der Waals surface area contributed by atoms with Crippen LogP contribution in [0.4, 0.5) is 4.39 Å². The highest BCUT2D eigenvalue weighted by atomic mass is 79.9. The monoisotopic (exact) mass is 366 g/mol. The highest BCUT2D eigenvalue weighted by Gasteiger charge is 2.29. The summed E-state index contributed by atoms with van der Waals surface area (Å²) in [5.41, 5.74) is 2.23. The van der Waals surface area contributed by atoms with Gasteiger partial charge in [0, 0.05) is 10.9 Å². The lowest BCUT2D eigenvalue weighted by molar-refractivity contribution is 0.581. The Kier molecular flexibility index (Phi) is 3.59. The SMILES string of the molecule is Fc1cc(C(NC2CC2)c2nc3c(s2)CCC3)ccc1Br. The van der Waals surface area contributed by atoms with Crippen molar-refractivity contribution in [3.63, 3.8) is 0 Å². The molecule has 0 aliphatic heterocycles. The molecule has 4 rings (SSSR count). The minimum atomic E-state index is -0.209. The highest BCUT2D eigenvalue weighted by Crippen LogP contribution is 2.36. The van der Waals surface area contributed by atoms with Crippen molar-refractivity contribution in [3.8, 4) is 0 Å². The summed E-state index contributed by atoms with van der Waals surface area (Å²) in [5, 5.41) is 4.72. The van der Waals surface area contributed by atoms with Crippen LogP contribution in [0.5, 0.6) is 0 Å². The van der Waals surface area contributed by atoms with Gasteiger partial charge >= 0.3 is 0 Å². The fraction of sp³-hybridized carbons (Fsp3) is 0.438. The van der Waals surface area contributed by atoms with Gasteiger partial charge in [-0.1, -0.05) is 6.07 Å². The van der Waals surface area contributed by atoms with Gasteiger partial charge in [0.05, 0.1) is 16.2 Å². The molecule has 110 valence electrons. The smallest absolute Gasteiger partial charge is 0.137 e. The van der Waals surface area contributed by atoms with Crippen molar-refractivity contribution in [2.75, 3.05) is 0 Å². The molecule has 1 saturated carbocycles. The van der Waals surface area contributed by atoms with Gasteiger partial charge in [-0.2, -0.15) is 0 Å². The van der Waals surface area contributed by atoms with Crippen molar-refractivity contribution in [1.29, 1.82) is 0 Å². The van der Waals surface area contributed by atoms with E-state index in [-0.39, 0.29) is 11.9 Å². The molecule has 21 heavy (non-hydrogen) atoms. The Morgan fingerprint density at radius 1 is 1.33 bits per heavy atom. The van der Waals surface area contributed by atoms with Crippen molar-refractivity contribution in [2.45, 2.75) is 44.2 Å². The van der Waals surface area contributed by atoms with E-state index in [1.807, 2.05) is 6.07 Å². The normalized spacial score (nSPS) is 18.8. The van der Waals surface area contributed by atoms with Gasteiger partial charge in [0.1, 0.15) is 10.8 Å². The summed E-state index contributed by atoms with van der Waals surface area (Å²) in [6.45, 7) is 0. The number of hydrogen-bond acceptors (Lipinski definition) is 3. The second-order valence-electron chi connectivity index (χ2n) is 5.82. The number of rotatable bonds is 4. The van der Waals surface area contributed by atoms with Crippen LogP contribution in [0.15, 0.2) is 22.7 Å². The van der Waals surface area contributed by atoms with Gasteiger partial charge in [-0.05, 0) is 65.7 Å². The van der Waals surface area contributed by atoms with Crippen LogP contribution in [-0.4, -0.2) is 11.0 Å². The third-order valence-electron chi connectivity index (χ3n) is 4.12. The molecule has 0 saturated heterocycles. The minimum absolute atomic E-state index is 0.0238. The maximum atomic E-state index is 13.9. The maximum absolute atomic E-state index is 13.9. The van der Waals surface area contributed by atoms with Gasteiger partial charge in [-0.15, -0.1) is 11.3 Å². The van der Waals surface area contributed by atoms with E-state index in [9.17, 15) is 4.39 Å². The maximum Gasteiger partial charge on any atom is 0.137 e. The Bertz CT molecular complexity index is 659. The van der Waals surface area contributed by atoms with E-state index in [4.69, 9.17) is 4.98 Å². The largest absolute Gasteiger partial charge is 0.301 e. The van der Waals surface area contributed by atoms with Crippen LogP contribution in [0, 0.1) is 5.82 Å². The van der Waals surface area contributed by atoms with E-state index in [0.29, 0.717) is 10.5 Å². The van der Waals surface area contributed by atoms with Gasteiger partial charge in [0.15, 0.2) is 0 Å². The van der Waals surface area contributed by atoms with E-state index in [1.54, 1.807) is 23.5 Å². The van der Waals surface area contributed by atoms with Crippen LogP contribution in [0.25, 0.3) is 0 Å². The molecular formula is C16H16BrFN2S. The van der Waals surface area contributed by atoms with Gasteiger partial charge < -0.3 is 5.32 Å². The van der Waals surface area contributed by atoms with Crippen LogP contribution >= 0.6 is 27.3 Å². The first-order valence-electron chi connectivity index (χ1n) is 7.40. The minimum Gasteiger partial charge on any atom is -0.301 e. The molecule has 0 spiro atoms. The zero-order chi connectivity index (χ0) is 14.4. The van der Waals surface area contributed by atoms with Crippen LogP contribution in [0.1, 0.15) is 46.4 Å². The van der Waals surface area contributed by atoms with E-state index < -0.39 is 0 Å². The molecule has 1 fully saturated rings. The fourth-order valence-electron chi connectivity index (χ4n) is 2.82. The Hall–Kier alpha value is -0.780. The number of thiazole rings is 1. The van der Waals surface area contributed by atoms with Gasteiger partial charge in [0.2, 0.25) is 0 Å². The van der Waals surface area contributed by atoms with Crippen LogP contribution in [0.3, 0.4) is 0 Å². The molecule has 0 bridgehead atoms. The second kappa shape index (κ2) is 5.45. The van der Waals surface area contributed by atoms with E-state index in [1.165, 1.54) is 29.8 Å². The van der Waals surface area contributed by atoms with Crippen molar-refractivity contribution in [2.24, 2.45) is 0 Å². The molecule has 5 heteroatoms. The number of nitrogens with one attached hydrogen (secondary N) is 1. The Morgan fingerprint density at radius 3 is 2.90 bits per heavy atom. The molecule has 0 radical (unpaired) electrons. The molecular weight excluding hydrogens is 351 g/mol. The molecule has 2 aromatic rings. The molecule has 1 atom stereocenters. The number of hydrogen-bond donors (Lipinski definition) is 1. The standard InChI is InChI=1S/C16H16BrFN2S/c17-11-7-4-9(8-12(11)18)15(19-10-5-6-10)16-20-13-2-1-3-14(13)21-16/h4,7-8,10,15,19H,1-3,5-6H2. The zero-order valence-corrected chi connectivity index (χ0v) is 13.9.